The maximum atomic E-state index is 13.2. The Balaban J connectivity index is 1.46. The van der Waals surface area contributed by atoms with Crippen LogP contribution in [0.15, 0.2) is 103 Å². The molecule has 0 saturated carbocycles. The van der Waals surface area contributed by atoms with Crippen LogP contribution in [0.2, 0.25) is 0 Å². The van der Waals surface area contributed by atoms with Gasteiger partial charge in [-0.25, -0.2) is 4.79 Å². The number of para-hydroxylation sites is 1. The van der Waals surface area contributed by atoms with Gasteiger partial charge in [-0.3, -0.25) is 9.69 Å². The number of carbonyl (C=O) groups excluding carboxylic acids is 2. The Kier molecular flexibility index (Phi) is 7.98. The molecule has 0 heterocycles. The Bertz CT molecular complexity index is 1290. The van der Waals surface area contributed by atoms with E-state index in [1.54, 1.807) is 17.0 Å². The molecule has 0 aromatic heterocycles. The van der Waals surface area contributed by atoms with Crippen molar-refractivity contribution in [3.05, 3.63) is 120 Å². The zero-order valence-electron chi connectivity index (χ0n) is 20.4. The number of ether oxygens (including phenoxy) is 1. The molecule has 3 amide bonds. The van der Waals surface area contributed by atoms with Gasteiger partial charge in [0.05, 0.1) is 0 Å². The van der Waals surface area contributed by atoms with Crippen molar-refractivity contribution >= 4 is 23.3 Å². The number of nitrogens with zero attached hydrogens (tertiary/aromatic N) is 1. The summed E-state index contributed by atoms with van der Waals surface area (Å²) in [5.41, 5.74) is 4.16. The molecular weight excluding hydrogens is 450 g/mol. The SMILES string of the molecule is Cc1ccc(NC(=O)N(CCNC(=O)c2ccc(C)cc2)c2ccc(Oc3ccccc3)cc2)cc1. The number of aryl methyl sites for hydroxylation is 2. The molecule has 4 rings (SSSR count). The van der Waals surface area contributed by atoms with Crippen LogP contribution in [0.3, 0.4) is 0 Å². The third-order valence-electron chi connectivity index (χ3n) is 5.61. The quantitative estimate of drug-likeness (QED) is 0.300. The van der Waals surface area contributed by atoms with Crippen molar-refractivity contribution in [3.8, 4) is 11.5 Å². The average molecular weight is 480 g/mol. The summed E-state index contributed by atoms with van der Waals surface area (Å²) in [6, 6.07) is 31.5. The summed E-state index contributed by atoms with van der Waals surface area (Å²) in [5.74, 6) is 1.22. The van der Waals surface area contributed by atoms with Gasteiger partial charge in [-0.05, 0) is 74.5 Å². The summed E-state index contributed by atoms with van der Waals surface area (Å²) in [6.45, 7) is 4.54. The summed E-state index contributed by atoms with van der Waals surface area (Å²) in [7, 11) is 0. The molecular formula is C30H29N3O3. The Morgan fingerprint density at radius 1 is 0.722 bits per heavy atom. The van der Waals surface area contributed by atoms with Gasteiger partial charge in [0, 0.05) is 30.0 Å². The van der Waals surface area contributed by atoms with Gasteiger partial charge in [-0.1, -0.05) is 53.6 Å². The van der Waals surface area contributed by atoms with Crippen molar-refractivity contribution in [3.63, 3.8) is 0 Å². The minimum absolute atomic E-state index is 0.180. The van der Waals surface area contributed by atoms with E-state index in [1.807, 2.05) is 105 Å². The van der Waals surface area contributed by atoms with E-state index in [9.17, 15) is 9.59 Å². The number of anilines is 2. The molecule has 0 aliphatic rings. The fraction of sp³-hybridized carbons (Fsp3) is 0.133. The fourth-order valence-electron chi connectivity index (χ4n) is 3.58. The van der Waals surface area contributed by atoms with Crippen LogP contribution in [0.4, 0.5) is 16.2 Å². The fourth-order valence-corrected chi connectivity index (χ4v) is 3.58. The molecule has 0 saturated heterocycles. The molecule has 2 N–H and O–H groups in total. The number of rotatable bonds is 8. The number of carbonyl (C=O) groups is 2. The van der Waals surface area contributed by atoms with Crippen LogP contribution in [-0.4, -0.2) is 25.0 Å². The molecule has 0 bridgehead atoms. The van der Waals surface area contributed by atoms with Crippen LogP contribution in [0.5, 0.6) is 11.5 Å². The summed E-state index contributed by atoms with van der Waals surface area (Å²) in [4.78, 5) is 27.4. The van der Waals surface area contributed by atoms with Crippen LogP contribution >= 0.6 is 0 Å². The van der Waals surface area contributed by atoms with Crippen molar-refractivity contribution < 1.29 is 14.3 Å². The molecule has 4 aromatic rings. The molecule has 0 atom stereocenters. The first-order chi connectivity index (χ1) is 17.5. The Morgan fingerprint density at radius 2 is 1.31 bits per heavy atom. The number of amides is 3. The lowest BCUT2D eigenvalue weighted by atomic mass is 10.1. The van der Waals surface area contributed by atoms with Gasteiger partial charge >= 0.3 is 6.03 Å². The number of urea groups is 1. The van der Waals surface area contributed by atoms with Gasteiger partial charge in [0.2, 0.25) is 0 Å². The van der Waals surface area contributed by atoms with Gasteiger partial charge < -0.3 is 15.4 Å². The van der Waals surface area contributed by atoms with E-state index in [4.69, 9.17) is 4.74 Å². The summed E-state index contributed by atoms with van der Waals surface area (Å²) in [6.07, 6.45) is 0. The Labute approximate surface area is 211 Å². The molecule has 0 spiro atoms. The van der Waals surface area contributed by atoms with E-state index in [1.165, 1.54) is 0 Å². The Hall–Kier alpha value is -4.58. The first kappa shape index (κ1) is 24.5. The maximum Gasteiger partial charge on any atom is 0.326 e. The first-order valence-corrected chi connectivity index (χ1v) is 11.8. The van der Waals surface area contributed by atoms with E-state index < -0.39 is 0 Å². The van der Waals surface area contributed by atoms with Crippen molar-refractivity contribution in [2.45, 2.75) is 13.8 Å². The summed E-state index contributed by atoms with van der Waals surface area (Å²) < 4.78 is 5.87. The van der Waals surface area contributed by atoms with Gasteiger partial charge in [0.25, 0.3) is 5.91 Å². The lowest BCUT2D eigenvalue weighted by Crippen LogP contribution is -2.41. The lowest BCUT2D eigenvalue weighted by Gasteiger charge is -2.24. The van der Waals surface area contributed by atoms with Gasteiger partial charge in [-0.2, -0.15) is 0 Å². The van der Waals surface area contributed by atoms with Crippen LogP contribution in [0.1, 0.15) is 21.5 Å². The number of nitrogens with one attached hydrogen (secondary N) is 2. The molecule has 182 valence electrons. The normalized spacial score (nSPS) is 10.4. The molecule has 36 heavy (non-hydrogen) atoms. The third kappa shape index (κ3) is 6.73. The number of hydrogen-bond acceptors (Lipinski definition) is 3. The van der Waals surface area contributed by atoms with Crippen LogP contribution < -0.4 is 20.3 Å². The van der Waals surface area contributed by atoms with Crippen molar-refractivity contribution in [1.29, 1.82) is 0 Å². The largest absolute Gasteiger partial charge is 0.457 e. The second kappa shape index (κ2) is 11.7. The molecule has 0 fully saturated rings. The maximum absolute atomic E-state index is 13.2. The van der Waals surface area contributed by atoms with Gasteiger partial charge in [-0.15, -0.1) is 0 Å². The predicted octanol–water partition coefficient (Wildman–Crippen LogP) is 6.56. The van der Waals surface area contributed by atoms with E-state index in [0.717, 1.165) is 16.9 Å². The smallest absolute Gasteiger partial charge is 0.326 e. The highest BCUT2D eigenvalue weighted by Crippen LogP contribution is 2.25. The molecule has 6 nitrogen and oxygen atoms in total. The summed E-state index contributed by atoms with van der Waals surface area (Å²) >= 11 is 0. The number of hydrogen-bond donors (Lipinski definition) is 2. The van der Waals surface area contributed by atoms with Gasteiger partial charge in [0.15, 0.2) is 0 Å². The highest BCUT2D eigenvalue weighted by atomic mass is 16.5. The van der Waals surface area contributed by atoms with Gasteiger partial charge in [0.1, 0.15) is 11.5 Å². The third-order valence-corrected chi connectivity index (χ3v) is 5.61. The topological polar surface area (TPSA) is 70.7 Å². The minimum atomic E-state index is -0.292. The molecule has 0 unspecified atom stereocenters. The molecule has 4 aromatic carbocycles. The van der Waals surface area contributed by atoms with E-state index in [2.05, 4.69) is 10.6 Å². The van der Waals surface area contributed by atoms with E-state index >= 15 is 0 Å². The van der Waals surface area contributed by atoms with E-state index in [-0.39, 0.29) is 25.0 Å². The lowest BCUT2D eigenvalue weighted by molar-refractivity contribution is 0.0954. The minimum Gasteiger partial charge on any atom is -0.457 e. The van der Waals surface area contributed by atoms with E-state index in [0.29, 0.717) is 22.7 Å². The monoisotopic (exact) mass is 479 g/mol. The predicted molar refractivity (Wildman–Crippen MR) is 144 cm³/mol. The zero-order valence-corrected chi connectivity index (χ0v) is 20.4. The Morgan fingerprint density at radius 3 is 1.94 bits per heavy atom. The highest BCUT2D eigenvalue weighted by Gasteiger charge is 2.17. The van der Waals surface area contributed by atoms with Crippen LogP contribution in [-0.2, 0) is 0 Å². The van der Waals surface area contributed by atoms with Crippen molar-refractivity contribution in [2.75, 3.05) is 23.3 Å². The standard InChI is InChI=1S/C30H29N3O3/c1-22-8-12-24(13-9-22)29(34)31-20-21-33(30(35)32-25-14-10-23(2)11-15-25)26-16-18-28(19-17-26)36-27-6-4-3-5-7-27/h3-19H,20-21H2,1-2H3,(H,31,34)(H,32,35). The van der Waals surface area contributed by atoms with Crippen LogP contribution in [0.25, 0.3) is 0 Å². The van der Waals surface area contributed by atoms with Crippen LogP contribution in [0, 0.1) is 13.8 Å². The molecule has 0 aliphatic carbocycles. The zero-order chi connectivity index (χ0) is 25.3. The second-order valence-electron chi connectivity index (χ2n) is 8.48. The van der Waals surface area contributed by atoms with Crippen molar-refractivity contribution in [1.82, 2.24) is 5.32 Å². The van der Waals surface area contributed by atoms with Crippen molar-refractivity contribution in [2.24, 2.45) is 0 Å². The number of benzene rings is 4. The molecule has 0 radical (unpaired) electrons. The summed E-state index contributed by atoms with van der Waals surface area (Å²) in [5, 5.41) is 5.84. The molecule has 6 heteroatoms. The first-order valence-electron chi connectivity index (χ1n) is 11.8. The average Bonchev–Trinajstić information content (AvgIpc) is 2.89. The molecule has 0 aliphatic heterocycles. The second-order valence-corrected chi connectivity index (χ2v) is 8.48. The highest BCUT2D eigenvalue weighted by molar-refractivity contribution is 6.02.